The summed E-state index contributed by atoms with van der Waals surface area (Å²) in [6.07, 6.45) is 1.21. The highest BCUT2D eigenvalue weighted by molar-refractivity contribution is 9.09. The maximum Gasteiger partial charge on any atom is 0.0465 e. The van der Waals surface area contributed by atoms with E-state index in [1.807, 2.05) is 12.1 Å². The first kappa shape index (κ1) is 11.7. The molecule has 0 aromatic heterocycles. The Bertz CT molecular complexity index is 356. The fraction of sp³-hybridized carbons (Fsp3) is 0.455. The van der Waals surface area contributed by atoms with E-state index in [0.717, 1.165) is 30.2 Å². The normalized spacial score (nSPS) is 22.2. The summed E-state index contributed by atoms with van der Waals surface area (Å²) in [6, 6.07) is 5.71. The molecule has 1 aromatic carbocycles. The summed E-state index contributed by atoms with van der Waals surface area (Å²) in [5.74, 6) is 0. The third-order valence-electron chi connectivity index (χ3n) is 2.62. The Kier molecular flexibility index (Phi) is 3.94. The third kappa shape index (κ3) is 3.10. The van der Waals surface area contributed by atoms with Crippen molar-refractivity contribution < 1.29 is 0 Å². The lowest BCUT2D eigenvalue weighted by Crippen LogP contribution is -2.20. The summed E-state index contributed by atoms with van der Waals surface area (Å²) >= 11 is 15.6. The predicted octanol–water partition coefficient (Wildman–Crippen LogP) is 3.96. The first-order valence-corrected chi connectivity index (χ1v) is 6.62. The minimum absolute atomic E-state index is 0.628. The van der Waals surface area contributed by atoms with Crippen molar-refractivity contribution in [3.05, 3.63) is 33.8 Å². The number of halogens is 3. The maximum atomic E-state index is 6.12. The van der Waals surface area contributed by atoms with Gasteiger partial charge in [-0.15, -0.1) is 0 Å². The first-order valence-electron chi connectivity index (χ1n) is 4.95. The zero-order valence-electron chi connectivity index (χ0n) is 8.22. The average molecular weight is 309 g/mol. The van der Waals surface area contributed by atoms with Crippen molar-refractivity contribution in [3.8, 4) is 0 Å². The molecular weight excluding hydrogens is 297 g/mol. The number of hydrogen-bond acceptors (Lipinski definition) is 1. The molecule has 1 nitrogen and oxygen atoms in total. The van der Waals surface area contributed by atoms with Crippen LogP contribution >= 0.6 is 39.1 Å². The molecule has 1 heterocycles. The number of rotatable bonds is 2. The van der Waals surface area contributed by atoms with Gasteiger partial charge in [-0.25, -0.2) is 0 Å². The summed E-state index contributed by atoms with van der Waals surface area (Å²) in [5, 5.41) is 1.46. The summed E-state index contributed by atoms with van der Waals surface area (Å²) in [4.78, 5) is 3.03. The zero-order chi connectivity index (χ0) is 10.8. The van der Waals surface area contributed by atoms with Gasteiger partial charge in [-0.05, 0) is 30.7 Å². The molecule has 2 rings (SSSR count). The van der Waals surface area contributed by atoms with E-state index in [-0.39, 0.29) is 0 Å². The van der Waals surface area contributed by atoms with E-state index in [4.69, 9.17) is 23.2 Å². The molecule has 4 heteroatoms. The van der Waals surface area contributed by atoms with E-state index in [0.29, 0.717) is 9.85 Å². The predicted molar refractivity (Wildman–Crippen MR) is 69.1 cm³/mol. The molecule has 1 atom stereocenters. The van der Waals surface area contributed by atoms with Gasteiger partial charge in [0.05, 0.1) is 0 Å². The Morgan fingerprint density at radius 1 is 1.40 bits per heavy atom. The first-order chi connectivity index (χ1) is 7.15. The summed E-state index contributed by atoms with van der Waals surface area (Å²) in [6.45, 7) is 3.14. The number of nitrogens with zero attached hydrogens (tertiary/aromatic N) is 1. The average Bonchev–Trinajstić information content (AvgIpc) is 2.56. The van der Waals surface area contributed by atoms with Gasteiger partial charge in [0.15, 0.2) is 0 Å². The molecule has 0 radical (unpaired) electrons. The second-order valence-electron chi connectivity index (χ2n) is 3.86. The van der Waals surface area contributed by atoms with E-state index in [2.05, 4.69) is 20.8 Å². The molecule has 1 aliphatic rings. The molecule has 1 aliphatic heterocycles. The van der Waals surface area contributed by atoms with E-state index in [1.54, 1.807) is 6.07 Å². The fourth-order valence-corrected chi connectivity index (χ4v) is 2.90. The topological polar surface area (TPSA) is 3.24 Å². The zero-order valence-corrected chi connectivity index (χ0v) is 11.3. The van der Waals surface area contributed by atoms with Crippen LogP contribution in [0.5, 0.6) is 0 Å². The van der Waals surface area contributed by atoms with Gasteiger partial charge in [-0.2, -0.15) is 0 Å². The van der Waals surface area contributed by atoms with Crippen LogP contribution in [-0.4, -0.2) is 22.8 Å². The van der Waals surface area contributed by atoms with Crippen LogP contribution in [0.25, 0.3) is 0 Å². The van der Waals surface area contributed by atoms with Gasteiger partial charge >= 0.3 is 0 Å². The summed E-state index contributed by atoms with van der Waals surface area (Å²) in [7, 11) is 0. The van der Waals surface area contributed by atoms with Gasteiger partial charge in [0, 0.05) is 28.0 Å². The highest BCUT2D eigenvalue weighted by atomic mass is 79.9. The van der Waals surface area contributed by atoms with Crippen molar-refractivity contribution in [3.63, 3.8) is 0 Å². The molecule has 0 spiro atoms. The van der Waals surface area contributed by atoms with Crippen molar-refractivity contribution in [2.24, 2.45) is 0 Å². The lowest BCUT2D eigenvalue weighted by atomic mass is 10.2. The van der Waals surface area contributed by atoms with Crippen LogP contribution in [0.15, 0.2) is 18.2 Å². The van der Waals surface area contributed by atoms with E-state index in [9.17, 15) is 0 Å². The van der Waals surface area contributed by atoms with Gasteiger partial charge in [-0.3, -0.25) is 4.90 Å². The van der Waals surface area contributed by atoms with E-state index >= 15 is 0 Å². The fourth-order valence-electron chi connectivity index (χ4n) is 1.82. The van der Waals surface area contributed by atoms with Crippen LogP contribution in [0.3, 0.4) is 0 Å². The van der Waals surface area contributed by atoms with Crippen LogP contribution in [-0.2, 0) is 6.54 Å². The number of benzene rings is 1. The van der Waals surface area contributed by atoms with E-state index < -0.39 is 0 Å². The van der Waals surface area contributed by atoms with Crippen molar-refractivity contribution >= 4 is 39.1 Å². The minimum Gasteiger partial charge on any atom is -0.298 e. The molecule has 0 N–H and O–H groups in total. The van der Waals surface area contributed by atoms with Gasteiger partial charge in [0.1, 0.15) is 0 Å². The lowest BCUT2D eigenvalue weighted by Gasteiger charge is -2.15. The molecular formula is C11H12BrCl2N. The highest BCUT2D eigenvalue weighted by Crippen LogP contribution is 2.25. The SMILES string of the molecule is Clc1ccc(CN2CCC(Br)C2)c(Cl)c1. The van der Waals surface area contributed by atoms with Crippen molar-refractivity contribution in [2.75, 3.05) is 13.1 Å². The second kappa shape index (κ2) is 5.05. The number of hydrogen-bond donors (Lipinski definition) is 0. The largest absolute Gasteiger partial charge is 0.298 e. The molecule has 0 aliphatic carbocycles. The highest BCUT2D eigenvalue weighted by Gasteiger charge is 2.20. The van der Waals surface area contributed by atoms with Crippen molar-refractivity contribution in [2.45, 2.75) is 17.8 Å². The van der Waals surface area contributed by atoms with Gasteiger partial charge < -0.3 is 0 Å². The van der Waals surface area contributed by atoms with E-state index in [1.165, 1.54) is 6.42 Å². The Morgan fingerprint density at radius 2 is 2.20 bits per heavy atom. The standard InChI is InChI=1S/C11H12BrCl2N/c12-9-3-4-15(7-9)6-8-1-2-10(13)5-11(8)14/h1-2,5,9H,3-4,6-7H2. The van der Waals surface area contributed by atoms with Gasteiger partial charge in [-0.1, -0.05) is 45.2 Å². The maximum absolute atomic E-state index is 6.12. The van der Waals surface area contributed by atoms with Crippen LogP contribution < -0.4 is 0 Å². The van der Waals surface area contributed by atoms with Crippen molar-refractivity contribution in [1.82, 2.24) is 4.90 Å². The van der Waals surface area contributed by atoms with Crippen molar-refractivity contribution in [1.29, 1.82) is 0 Å². The number of alkyl halides is 1. The smallest absolute Gasteiger partial charge is 0.0465 e. The minimum atomic E-state index is 0.628. The molecule has 0 saturated carbocycles. The monoisotopic (exact) mass is 307 g/mol. The number of likely N-dealkylation sites (tertiary alicyclic amines) is 1. The molecule has 1 fully saturated rings. The van der Waals surface area contributed by atoms with Crippen LogP contribution in [0.2, 0.25) is 10.0 Å². The molecule has 1 saturated heterocycles. The summed E-state index contributed by atoms with van der Waals surface area (Å²) < 4.78 is 0. The Hall–Kier alpha value is 0.240. The van der Waals surface area contributed by atoms with Crippen LogP contribution in [0, 0.1) is 0 Å². The second-order valence-corrected chi connectivity index (χ2v) is 6.00. The molecule has 82 valence electrons. The quantitative estimate of drug-likeness (QED) is 0.747. The Labute approximate surface area is 108 Å². The van der Waals surface area contributed by atoms with Crippen LogP contribution in [0.4, 0.5) is 0 Å². The van der Waals surface area contributed by atoms with Crippen LogP contribution in [0.1, 0.15) is 12.0 Å². The molecule has 1 aromatic rings. The molecule has 15 heavy (non-hydrogen) atoms. The summed E-state index contributed by atoms with van der Waals surface area (Å²) in [5.41, 5.74) is 1.16. The Balaban J connectivity index is 2.04. The molecule has 0 amide bonds. The third-order valence-corrected chi connectivity index (χ3v) is 3.96. The lowest BCUT2D eigenvalue weighted by molar-refractivity contribution is 0.333. The molecule has 1 unspecified atom stereocenters. The molecule has 0 bridgehead atoms. The van der Waals surface area contributed by atoms with Gasteiger partial charge in [0.25, 0.3) is 0 Å². The van der Waals surface area contributed by atoms with Gasteiger partial charge in [0.2, 0.25) is 0 Å². The Morgan fingerprint density at radius 3 is 2.80 bits per heavy atom.